The Morgan fingerprint density at radius 2 is 1.91 bits per heavy atom. The van der Waals surface area contributed by atoms with Gasteiger partial charge in [-0.05, 0) is 99.9 Å². The number of hydrogen-bond acceptors (Lipinski definition) is 6. The Morgan fingerprint density at radius 1 is 1.13 bits per heavy atom. The van der Waals surface area contributed by atoms with Crippen LogP contribution in [-0.2, 0) is 27.1 Å². The zero-order valence-corrected chi connectivity index (χ0v) is 29.0. The summed E-state index contributed by atoms with van der Waals surface area (Å²) in [5.74, 6) is 0.330. The van der Waals surface area contributed by atoms with E-state index in [1.54, 1.807) is 0 Å². The van der Waals surface area contributed by atoms with E-state index in [1.165, 1.54) is 0 Å². The molecule has 46 heavy (non-hydrogen) atoms. The summed E-state index contributed by atoms with van der Waals surface area (Å²) in [6.45, 7) is 15.5. The molecule has 1 fully saturated rings. The third-order valence-corrected chi connectivity index (χ3v) is 10.9. The largest absolute Gasteiger partial charge is 0.488 e. The number of fused-ring (bicyclic) bond motifs is 1. The number of nitrogen functional groups attached to an aromatic ring is 1. The number of hydrogen-bond donors (Lipinski definition) is 3. The van der Waals surface area contributed by atoms with Crippen LogP contribution in [0.15, 0.2) is 59.5 Å². The number of anilines is 2. The molecular formula is C37H50N4O4S. The van der Waals surface area contributed by atoms with Crippen molar-refractivity contribution in [2.24, 2.45) is 5.92 Å². The number of benzene rings is 3. The molecule has 2 aliphatic rings. The molecule has 0 spiro atoms. The molecule has 9 heteroatoms. The predicted molar refractivity (Wildman–Crippen MR) is 187 cm³/mol. The summed E-state index contributed by atoms with van der Waals surface area (Å²) in [6.07, 6.45) is 2.45. The molecule has 3 aromatic carbocycles. The van der Waals surface area contributed by atoms with Gasteiger partial charge in [-0.3, -0.25) is 4.79 Å². The van der Waals surface area contributed by atoms with Gasteiger partial charge in [-0.2, -0.15) is 0 Å². The van der Waals surface area contributed by atoms with E-state index in [-0.39, 0.29) is 23.8 Å². The average Bonchev–Trinajstić information content (AvgIpc) is 3.18. The standard InChI is InChI=1S/C37H50N4O4S/c1-7-29-22-41(46(43)33-14-10-9-13-32(33)45-29)21-28-20-26(16-15-24(28)3)34(30-17-18-31(39-8-2)35(38)25(30)4)37(5,6)40-36(42)27-12-11-19-44-23-27/h9-10,13-18,20,27,29,34,39H,7-8,11-12,19,21-23,38H2,1-6H3,(H,40,42)/t27?,29-,34?,46?/m1/s1. The highest BCUT2D eigenvalue weighted by atomic mass is 32.2. The van der Waals surface area contributed by atoms with Gasteiger partial charge in [0, 0.05) is 37.7 Å². The molecule has 5 rings (SSSR count). The first kappa shape index (κ1) is 33.9. The van der Waals surface area contributed by atoms with E-state index >= 15 is 0 Å². The lowest BCUT2D eigenvalue weighted by Crippen LogP contribution is -2.51. The summed E-state index contributed by atoms with van der Waals surface area (Å²) >= 11 is 0. The van der Waals surface area contributed by atoms with Crippen LogP contribution in [0.1, 0.15) is 80.7 Å². The van der Waals surface area contributed by atoms with Crippen LogP contribution in [0, 0.1) is 19.8 Å². The van der Waals surface area contributed by atoms with E-state index in [2.05, 4.69) is 76.4 Å². The van der Waals surface area contributed by atoms with Crippen LogP contribution in [0.5, 0.6) is 5.75 Å². The first-order valence-corrected chi connectivity index (χ1v) is 17.7. The molecule has 3 aromatic rings. The Bertz CT molecular complexity index is 1570. The molecule has 0 aliphatic carbocycles. The lowest BCUT2D eigenvalue weighted by Gasteiger charge is -2.39. The molecule has 3 unspecified atom stereocenters. The van der Waals surface area contributed by atoms with Crippen molar-refractivity contribution in [3.8, 4) is 5.75 Å². The molecule has 4 atom stereocenters. The van der Waals surface area contributed by atoms with Gasteiger partial charge in [0.15, 0.2) is 0 Å². The quantitative estimate of drug-likeness (QED) is 0.218. The van der Waals surface area contributed by atoms with E-state index in [4.69, 9.17) is 15.2 Å². The summed E-state index contributed by atoms with van der Waals surface area (Å²) in [5, 5.41) is 6.78. The number of amides is 1. The van der Waals surface area contributed by atoms with Crippen molar-refractivity contribution in [2.75, 3.05) is 37.4 Å². The minimum atomic E-state index is -1.38. The molecule has 4 N–H and O–H groups in total. The number of para-hydroxylation sites is 1. The number of rotatable bonds is 10. The van der Waals surface area contributed by atoms with Crippen molar-refractivity contribution in [2.45, 2.75) is 89.8 Å². The highest BCUT2D eigenvalue weighted by Gasteiger charge is 2.37. The number of nitrogens with one attached hydrogen (secondary N) is 2. The van der Waals surface area contributed by atoms with Gasteiger partial charge in [0.25, 0.3) is 0 Å². The SMILES string of the molecule is CCNc1ccc(C(c2ccc(C)c(CN3C[C@@H](CC)Oc4ccccc4S3=O)c2)C(C)(C)NC(=O)C2CCCOC2)c(C)c1N. The number of ether oxygens (including phenoxy) is 2. The lowest BCUT2D eigenvalue weighted by atomic mass is 9.74. The van der Waals surface area contributed by atoms with Gasteiger partial charge in [-0.1, -0.05) is 43.3 Å². The van der Waals surface area contributed by atoms with Crippen LogP contribution in [0.2, 0.25) is 0 Å². The highest BCUT2D eigenvalue weighted by Crippen LogP contribution is 2.41. The molecule has 1 saturated heterocycles. The number of carbonyl (C=O) groups excluding carboxylic acids is 1. The smallest absolute Gasteiger partial charge is 0.225 e. The molecule has 248 valence electrons. The summed E-state index contributed by atoms with van der Waals surface area (Å²) in [6, 6.07) is 18.3. The normalized spacial score (nSPS) is 21.0. The molecule has 0 aromatic heterocycles. The second-order valence-corrected chi connectivity index (χ2v) is 14.6. The Kier molecular flexibility index (Phi) is 10.8. The zero-order chi connectivity index (χ0) is 33.0. The van der Waals surface area contributed by atoms with Crippen LogP contribution >= 0.6 is 0 Å². The van der Waals surface area contributed by atoms with Crippen molar-refractivity contribution in [1.29, 1.82) is 0 Å². The second-order valence-electron chi connectivity index (χ2n) is 13.2. The maximum absolute atomic E-state index is 13.9. The lowest BCUT2D eigenvalue weighted by molar-refractivity contribution is -0.130. The first-order valence-electron chi connectivity index (χ1n) is 16.6. The van der Waals surface area contributed by atoms with Crippen molar-refractivity contribution in [3.05, 3.63) is 82.4 Å². The monoisotopic (exact) mass is 646 g/mol. The van der Waals surface area contributed by atoms with Gasteiger partial charge < -0.3 is 25.8 Å². The van der Waals surface area contributed by atoms with E-state index in [0.29, 0.717) is 42.6 Å². The van der Waals surface area contributed by atoms with Gasteiger partial charge in [0.05, 0.1) is 28.8 Å². The van der Waals surface area contributed by atoms with Gasteiger partial charge in [0.1, 0.15) is 22.8 Å². The average molecular weight is 647 g/mol. The topological polar surface area (TPSA) is 106 Å². The van der Waals surface area contributed by atoms with Crippen LogP contribution in [0.25, 0.3) is 0 Å². The molecule has 0 bridgehead atoms. The molecule has 2 aliphatic heterocycles. The minimum absolute atomic E-state index is 0.0150. The van der Waals surface area contributed by atoms with E-state index < -0.39 is 16.5 Å². The molecular weight excluding hydrogens is 596 g/mol. The molecule has 0 radical (unpaired) electrons. The summed E-state index contributed by atoms with van der Waals surface area (Å²) < 4.78 is 27.9. The van der Waals surface area contributed by atoms with Crippen LogP contribution in [-0.4, -0.2) is 52.4 Å². The fraction of sp³-hybridized carbons (Fsp3) is 0.486. The van der Waals surface area contributed by atoms with Crippen molar-refractivity contribution in [3.63, 3.8) is 0 Å². The molecule has 2 heterocycles. The number of nitrogens with two attached hydrogens (primary N) is 1. The van der Waals surface area contributed by atoms with E-state index in [1.807, 2.05) is 34.6 Å². The predicted octanol–water partition coefficient (Wildman–Crippen LogP) is 6.47. The summed E-state index contributed by atoms with van der Waals surface area (Å²) in [4.78, 5) is 14.3. The number of aryl methyl sites for hydroxylation is 1. The van der Waals surface area contributed by atoms with Crippen LogP contribution < -0.4 is 21.1 Å². The van der Waals surface area contributed by atoms with Crippen molar-refractivity contribution >= 4 is 28.3 Å². The Labute approximate surface area is 277 Å². The van der Waals surface area contributed by atoms with Crippen LogP contribution in [0.3, 0.4) is 0 Å². The van der Waals surface area contributed by atoms with Crippen molar-refractivity contribution in [1.82, 2.24) is 9.62 Å². The first-order chi connectivity index (χ1) is 22.0. The maximum Gasteiger partial charge on any atom is 0.225 e. The Balaban J connectivity index is 1.55. The van der Waals surface area contributed by atoms with E-state index in [0.717, 1.165) is 59.3 Å². The zero-order valence-electron chi connectivity index (χ0n) is 28.2. The number of carbonyl (C=O) groups is 1. The molecule has 0 saturated carbocycles. The Morgan fingerprint density at radius 3 is 2.63 bits per heavy atom. The fourth-order valence-corrected chi connectivity index (χ4v) is 8.06. The van der Waals surface area contributed by atoms with Gasteiger partial charge in [-0.15, -0.1) is 0 Å². The summed E-state index contributed by atoms with van der Waals surface area (Å²) in [7, 11) is -1.38. The van der Waals surface area contributed by atoms with Gasteiger partial charge in [-0.25, -0.2) is 8.51 Å². The molecule has 8 nitrogen and oxygen atoms in total. The molecule has 1 amide bonds. The van der Waals surface area contributed by atoms with Gasteiger partial charge in [0.2, 0.25) is 5.91 Å². The second kappa shape index (κ2) is 14.6. The number of nitrogens with zero attached hydrogens (tertiary/aromatic N) is 1. The maximum atomic E-state index is 13.9. The highest BCUT2D eigenvalue weighted by molar-refractivity contribution is 7.82. The van der Waals surface area contributed by atoms with Crippen molar-refractivity contribution < 1.29 is 18.5 Å². The third-order valence-electron chi connectivity index (χ3n) is 9.41. The van der Waals surface area contributed by atoms with Crippen LogP contribution in [0.4, 0.5) is 11.4 Å². The third kappa shape index (κ3) is 7.27. The van der Waals surface area contributed by atoms with Gasteiger partial charge >= 0.3 is 0 Å². The minimum Gasteiger partial charge on any atom is -0.488 e. The Hall–Kier alpha value is -3.40. The fourth-order valence-electron chi connectivity index (χ4n) is 6.74. The summed E-state index contributed by atoms with van der Waals surface area (Å²) in [5.41, 5.74) is 13.0. The van der Waals surface area contributed by atoms with E-state index in [9.17, 15) is 9.00 Å².